The van der Waals surface area contributed by atoms with Crippen molar-refractivity contribution in [3.63, 3.8) is 0 Å². The number of hydrogen-bond acceptors (Lipinski definition) is 4. The van der Waals surface area contributed by atoms with Crippen molar-refractivity contribution in [3.05, 3.63) is 29.8 Å². The minimum atomic E-state index is -0.441. The number of hydrogen-bond donors (Lipinski definition) is 1. The van der Waals surface area contributed by atoms with Gasteiger partial charge in [-0.05, 0) is 54.3 Å². The van der Waals surface area contributed by atoms with E-state index in [1.165, 1.54) is 23.6 Å². The molecule has 2 aromatic rings. The summed E-state index contributed by atoms with van der Waals surface area (Å²) >= 11 is 0. The Morgan fingerprint density at radius 2 is 2.18 bits per heavy atom. The van der Waals surface area contributed by atoms with Crippen LogP contribution in [-0.4, -0.2) is 26.1 Å². The molecule has 1 N–H and O–H groups in total. The van der Waals surface area contributed by atoms with Gasteiger partial charge < -0.3 is 5.32 Å². The minimum absolute atomic E-state index is 0.0297. The van der Waals surface area contributed by atoms with Crippen molar-refractivity contribution in [2.45, 2.75) is 39.0 Å². The van der Waals surface area contributed by atoms with Crippen molar-refractivity contribution in [3.8, 4) is 5.69 Å². The van der Waals surface area contributed by atoms with Gasteiger partial charge in [-0.2, -0.15) is 4.68 Å². The zero-order chi connectivity index (χ0) is 15.5. The van der Waals surface area contributed by atoms with Crippen LogP contribution in [-0.2, 0) is 4.79 Å². The van der Waals surface area contributed by atoms with Gasteiger partial charge in [0.2, 0.25) is 5.91 Å². The molecule has 7 heteroatoms. The van der Waals surface area contributed by atoms with E-state index in [-0.39, 0.29) is 11.6 Å². The van der Waals surface area contributed by atoms with Gasteiger partial charge >= 0.3 is 0 Å². The molecule has 1 amide bonds. The van der Waals surface area contributed by atoms with E-state index in [1.807, 2.05) is 0 Å². The van der Waals surface area contributed by atoms with Crippen molar-refractivity contribution in [1.82, 2.24) is 20.2 Å². The lowest BCUT2D eigenvalue weighted by Crippen LogP contribution is -2.15. The van der Waals surface area contributed by atoms with Gasteiger partial charge in [0.25, 0.3) is 0 Å². The van der Waals surface area contributed by atoms with Crippen LogP contribution in [0.25, 0.3) is 5.69 Å². The van der Waals surface area contributed by atoms with Crippen molar-refractivity contribution < 1.29 is 9.18 Å². The molecule has 1 aliphatic carbocycles. The molecular formula is C15H18FN5O. The van der Waals surface area contributed by atoms with Crippen LogP contribution in [0.4, 0.5) is 10.1 Å². The van der Waals surface area contributed by atoms with E-state index >= 15 is 0 Å². The van der Waals surface area contributed by atoms with Crippen molar-refractivity contribution >= 4 is 11.6 Å². The van der Waals surface area contributed by atoms with Gasteiger partial charge in [0, 0.05) is 12.1 Å². The third-order valence-corrected chi connectivity index (χ3v) is 4.03. The van der Waals surface area contributed by atoms with E-state index in [0.29, 0.717) is 23.9 Å². The van der Waals surface area contributed by atoms with E-state index in [1.54, 1.807) is 19.1 Å². The Kier molecular flexibility index (Phi) is 4.13. The summed E-state index contributed by atoms with van der Waals surface area (Å²) in [5.41, 5.74) is 0.774. The molecule has 116 valence electrons. The van der Waals surface area contributed by atoms with Crippen LogP contribution in [0.3, 0.4) is 0 Å². The number of benzene rings is 1. The Balaban J connectivity index is 1.74. The summed E-state index contributed by atoms with van der Waals surface area (Å²) in [7, 11) is 0. The molecule has 1 saturated carbocycles. The first kappa shape index (κ1) is 14.6. The second kappa shape index (κ2) is 6.21. The molecule has 0 aliphatic heterocycles. The molecule has 0 spiro atoms. The molecule has 0 atom stereocenters. The van der Waals surface area contributed by atoms with E-state index in [2.05, 4.69) is 20.8 Å². The molecule has 0 saturated heterocycles. The molecule has 1 aromatic heterocycles. The fraction of sp³-hybridized carbons (Fsp3) is 0.467. The largest absolute Gasteiger partial charge is 0.326 e. The quantitative estimate of drug-likeness (QED) is 0.942. The van der Waals surface area contributed by atoms with Crippen LogP contribution in [0.5, 0.6) is 0 Å². The molecule has 0 radical (unpaired) electrons. The minimum Gasteiger partial charge on any atom is -0.326 e. The summed E-state index contributed by atoms with van der Waals surface area (Å²) in [6, 6.07) is 4.40. The normalized spacial score (nSPS) is 15.2. The summed E-state index contributed by atoms with van der Waals surface area (Å²) in [6.07, 6.45) is 5.17. The first-order valence-electron chi connectivity index (χ1n) is 7.48. The maximum absolute atomic E-state index is 13.9. The maximum atomic E-state index is 13.9. The van der Waals surface area contributed by atoms with E-state index in [9.17, 15) is 9.18 Å². The molecule has 22 heavy (non-hydrogen) atoms. The molecule has 0 unspecified atom stereocenters. The molecule has 1 aromatic carbocycles. The third-order valence-electron chi connectivity index (χ3n) is 4.03. The average molecular weight is 303 g/mol. The number of aromatic nitrogens is 4. The number of rotatable bonds is 4. The van der Waals surface area contributed by atoms with E-state index in [0.717, 1.165) is 12.8 Å². The zero-order valence-electron chi connectivity index (χ0n) is 12.4. The van der Waals surface area contributed by atoms with Crippen molar-refractivity contribution in [2.75, 3.05) is 5.32 Å². The number of amides is 1. The van der Waals surface area contributed by atoms with Crippen LogP contribution in [0, 0.1) is 18.7 Å². The Labute approximate surface area is 127 Å². The van der Waals surface area contributed by atoms with Crippen LogP contribution >= 0.6 is 0 Å². The lowest BCUT2D eigenvalue weighted by Gasteiger charge is -2.11. The third kappa shape index (κ3) is 3.13. The lowest BCUT2D eigenvalue weighted by atomic mass is 10.0. The predicted molar refractivity (Wildman–Crippen MR) is 79.1 cm³/mol. The second-order valence-corrected chi connectivity index (χ2v) is 5.71. The highest BCUT2D eigenvalue weighted by Gasteiger charge is 2.19. The highest BCUT2D eigenvalue weighted by atomic mass is 19.1. The fourth-order valence-electron chi connectivity index (χ4n) is 2.90. The molecule has 1 aliphatic rings. The Bertz CT molecular complexity index is 678. The maximum Gasteiger partial charge on any atom is 0.224 e. The van der Waals surface area contributed by atoms with Gasteiger partial charge in [-0.15, -0.1) is 5.10 Å². The number of carbonyl (C=O) groups is 1. The lowest BCUT2D eigenvalue weighted by molar-refractivity contribution is -0.117. The topological polar surface area (TPSA) is 72.7 Å². The van der Waals surface area contributed by atoms with Gasteiger partial charge in [0.15, 0.2) is 5.82 Å². The number of halogens is 1. The van der Waals surface area contributed by atoms with Gasteiger partial charge in [0.1, 0.15) is 11.5 Å². The molecule has 1 heterocycles. The number of tetrazole rings is 1. The monoisotopic (exact) mass is 303 g/mol. The van der Waals surface area contributed by atoms with Gasteiger partial charge in [-0.1, -0.05) is 12.8 Å². The molecule has 6 nitrogen and oxygen atoms in total. The van der Waals surface area contributed by atoms with E-state index in [4.69, 9.17) is 0 Å². The smallest absolute Gasteiger partial charge is 0.224 e. The number of anilines is 1. The zero-order valence-corrected chi connectivity index (χ0v) is 12.4. The predicted octanol–water partition coefficient (Wildman–Crippen LogP) is 2.63. The fourth-order valence-corrected chi connectivity index (χ4v) is 2.90. The van der Waals surface area contributed by atoms with Gasteiger partial charge in [-0.3, -0.25) is 4.79 Å². The summed E-state index contributed by atoms with van der Waals surface area (Å²) in [4.78, 5) is 12.1. The summed E-state index contributed by atoms with van der Waals surface area (Å²) in [5, 5.41) is 13.8. The van der Waals surface area contributed by atoms with Gasteiger partial charge in [-0.25, -0.2) is 4.39 Å². The second-order valence-electron chi connectivity index (χ2n) is 5.71. The molecule has 1 fully saturated rings. The van der Waals surface area contributed by atoms with Crippen molar-refractivity contribution in [2.24, 2.45) is 5.92 Å². The average Bonchev–Trinajstić information content (AvgIpc) is 3.13. The van der Waals surface area contributed by atoms with Crippen molar-refractivity contribution in [1.29, 1.82) is 0 Å². The first-order valence-corrected chi connectivity index (χ1v) is 7.48. The molecular weight excluding hydrogens is 285 g/mol. The highest BCUT2D eigenvalue weighted by Crippen LogP contribution is 2.28. The number of nitrogens with one attached hydrogen (secondary N) is 1. The van der Waals surface area contributed by atoms with Crippen LogP contribution < -0.4 is 5.32 Å². The summed E-state index contributed by atoms with van der Waals surface area (Å²) in [5.74, 6) is 0.483. The van der Waals surface area contributed by atoms with Crippen LogP contribution in [0.2, 0.25) is 0 Å². The van der Waals surface area contributed by atoms with Crippen LogP contribution in [0.1, 0.15) is 37.9 Å². The first-order chi connectivity index (χ1) is 10.6. The number of carbonyl (C=O) groups excluding carboxylic acids is 1. The highest BCUT2D eigenvalue weighted by molar-refractivity contribution is 5.91. The number of nitrogens with zero attached hydrogens (tertiary/aromatic N) is 4. The Morgan fingerprint density at radius 3 is 2.86 bits per heavy atom. The van der Waals surface area contributed by atoms with Gasteiger partial charge in [0.05, 0.1) is 0 Å². The SMILES string of the molecule is Cc1nnnn1-c1cc(NC(=O)CC2CCCC2)ccc1F. The standard InChI is InChI=1S/C15H18FN5O/c1-10-18-19-20-21(10)14-9-12(6-7-13(14)16)17-15(22)8-11-4-2-3-5-11/h6-7,9,11H,2-5,8H2,1H3,(H,17,22). The Morgan fingerprint density at radius 1 is 1.41 bits per heavy atom. The number of aryl methyl sites for hydroxylation is 1. The van der Waals surface area contributed by atoms with Crippen LogP contribution in [0.15, 0.2) is 18.2 Å². The summed E-state index contributed by atoms with van der Waals surface area (Å²) in [6.45, 7) is 1.69. The van der Waals surface area contributed by atoms with E-state index < -0.39 is 5.82 Å². The molecule has 0 bridgehead atoms. The Hall–Kier alpha value is -2.31. The summed E-state index contributed by atoms with van der Waals surface area (Å²) < 4.78 is 15.3. The molecule has 3 rings (SSSR count).